The summed E-state index contributed by atoms with van der Waals surface area (Å²) in [6.45, 7) is 2.63. The summed E-state index contributed by atoms with van der Waals surface area (Å²) < 4.78 is 26.9. The number of piperidine rings is 1. The summed E-state index contributed by atoms with van der Waals surface area (Å²) in [5.74, 6) is -0.164. The quantitative estimate of drug-likeness (QED) is 0.924. The molecule has 0 aromatic heterocycles. The third-order valence-corrected chi connectivity index (χ3v) is 5.65. The van der Waals surface area contributed by atoms with E-state index in [0.29, 0.717) is 6.54 Å². The van der Waals surface area contributed by atoms with Crippen molar-refractivity contribution in [3.63, 3.8) is 0 Å². The second kappa shape index (κ2) is 5.92. The Kier molecular flexibility index (Phi) is 4.47. The maximum atomic E-state index is 12.7. The molecule has 0 bridgehead atoms. The highest BCUT2D eigenvalue weighted by molar-refractivity contribution is 7.89. The van der Waals surface area contributed by atoms with Crippen LogP contribution in [-0.2, 0) is 10.0 Å². The molecule has 1 aliphatic heterocycles. The van der Waals surface area contributed by atoms with Crippen LogP contribution in [0.4, 0.5) is 0 Å². The van der Waals surface area contributed by atoms with Gasteiger partial charge in [-0.15, -0.1) is 0 Å². The SMILES string of the molecule is CCCC1CCCCN1S(=O)(=O)c1ccccc1O. The average Bonchev–Trinajstić information content (AvgIpc) is 2.40. The first-order chi connectivity index (χ1) is 9.07. The van der Waals surface area contributed by atoms with Gasteiger partial charge in [0.2, 0.25) is 10.0 Å². The van der Waals surface area contributed by atoms with Crippen LogP contribution in [-0.4, -0.2) is 30.4 Å². The molecule has 4 nitrogen and oxygen atoms in total. The Morgan fingerprint density at radius 2 is 2.05 bits per heavy atom. The van der Waals surface area contributed by atoms with E-state index in [9.17, 15) is 13.5 Å². The van der Waals surface area contributed by atoms with Gasteiger partial charge in [0.25, 0.3) is 0 Å². The molecule has 19 heavy (non-hydrogen) atoms. The van der Waals surface area contributed by atoms with Crippen LogP contribution in [0.15, 0.2) is 29.2 Å². The molecule has 1 aromatic rings. The van der Waals surface area contributed by atoms with Gasteiger partial charge in [-0.05, 0) is 31.4 Å². The molecule has 1 aliphatic rings. The van der Waals surface area contributed by atoms with Gasteiger partial charge >= 0.3 is 0 Å². The Balaban J connectivity index is 2.35. The third-order valence-electron chi connectivity index (χ3n) is 3.65. The van der Waals surface area contributed by atoms with E-state index < -0.39 is 10.0 Å². The van der Waals surface area contributed by atoms with Crippen molar-refractivity contribution in [1.29, 1.82) is 0 Å². The van der Waals surface area contributed by atoms with Gasteiger partial charge in [0, 0.05) is 12.6 Å². The van der Waals surface area contributed by atoms with E-state index in [1.807, 2.05) is 0 Å². The van der Waals surface area contributed by atoms with Crippen molar-refractivity contribution in [1.82, 2.24) is 4.31 Å². The molecular formula is C14H21NO3S. The lowest BCUT2D eigenvalue weighted by Gasteiger charge is -2.34. The summed E-state index contributed by atoms with van der Waals surface area (Å²) in [4.78, 5) is 0.0259. The number of aromatic hydroxyl groups is 1. The monoisotopic (exact) mass is 283 g/mol. The van der Waals surface area contributed by atoms with Crippen molar-refractivity contribution < 1.29 is 13.5 Å². The van der Waals surface area contributed by atoms with Gasteiger partial charge in [-0.1, -0.05) is 31.9 Å². The van der Waals surface area contributed by atoms with Crippen LogP contribution >= 0.6 is 0 Å². The smallest absolute Gasteiger partial charge is 0.246 e. The van der Waals surface area contributed by atoms with Gasteiger partial charge in [-0.3, -0.25) is 0 Å². The average molecular weight is 283 g/mol. The summed E-state index contributed by atoms with van der Waals surface area (Å²) in [7, 11) is -3.58. The van der Waals surface area contributed by atoms with E-state index in [4.69, 9.17) is 0 Å². The van der Waals surface area contributed by atoms with Crippen molar-refractivity contribution in [2.24, 2.45) is 0 Å². The van der Waals surface area contributed by atoms with Gasteiger partial charge in [0.1, 0.15) is 10.6 Å². The molecule has 5 heteroatoms. The second-order valence-electron chi connectivity index (χ2n) is 5.02. The van der Waals surface area contributed by atoms with Crippen LogP contribution in [0, 0.1) is 0 Å². The zero-order chi connectivity index (χ0) is 13.9. The first-order valence-electron chi connectivity index (χ1n) is 6.87. The van der Waals surface area contributed by atoms with Gasteiger partial charge in [0.05, 0.1) is 0 Å². The summed E-state index contributed by atoms with van der Waals surface area (Å²) in [5, 5.41) is 9.79. The fourth-order valence-electron chi connectivity index (χ4n) is 2.71. The molecule has 0 amide bonds. The summed E-state index contributed by atoms with van der Waals surface area (Å²) in [5.41, 5.74) is 0. The maximum absolute atomic E-state index is 12.7. The number of para-hydroxylation sites is 1. The molecule has 0 spiro atoms. The Labute approximate surface area is 115 Å². The van der Waals surface area contributed by atoms with E-state index in [-0.39, 0.29) is 16.7 Å². The van der Waals surface area contributed by atoms with Gasteiger partial charge in [-0.2, -0.15) is 4.31 Å². The number of hydrogen-bond donors (Lipinski definition) is 1. The zero-order valence-corrected chi connectivity index (χ0v) is 12.1. The number of phenolic OH excluding ortho intramolecular Hbond substituents is 1. The second-order valence-corrected chi connectivity index (χ2v) is 6.88. The predicted octanol–water partition coefficient (Wildman–Crippen LogP) is 2.74. The minimum Gasteiger partial charge on any atom is -0.507 e. The molecule has 0 radical (unpaired) electrons. The fourth-order valence-corrected chi connectivity index (χ4v) is 4.52. The van der Waals surface area contributed by atoms with E-state index >= 15 is 0 Å². The van der Waals surface area contributed by atoms with Gasteiger partial charge in [-0.25, -0.2) is 8.42 Å². The number of nitrogens with zero attached hydrogens (tertiary/aromatic N) is 1. The maximum Gasteiger partial charge on any atom is 0.246 e. The van der Waals surface area contributed by atoms with Crippen molar-refractivity contribution >= 4 is 10.0 Å². The lowest BCUT2D eigenvalue weighted by molar-refractivity contribution is 0.239. The summed E-state index contributed by atoms with van der Waals surface area (Å²) >= 11 is 0. The molecular weight excluding hydrogens is 262 g/mol. The summed E-state index contributed by atoms with van der Waals surface area (Å²) in [6.07, 6.45) is 4.75. The lowest BCUT2D eigenvalue weighted by Crippen LogP contribution is -2.43. The molecule has 2 rings (SSSR count). The van der Waals surface area contributed by atoms with E-state index in [0.717, 1.165) is 32.1 Å². The topological polar surface area (TPSA) is 57.6 Å². The number of rotatable bonds is 4. The normalized spacial score (nSPS) is 21.4. The number of sulfonamides is 1. The van der Waals surface area contributed by atoms with E-state index in [1.165, 1.54) is 12.1 Å². The van der Waals surface area contributed by atoms with E-state index in [1.54, 1.807) is 16.4 Å². The van der Waals surface area contributed by atoms with Crippen LogP contribution in [0.2, 0.25) is 0 Å². The molecule has 1 N–H and O–H groups in total. The Hall–Kier alpha value is -1.07. The molecule has 106 valence electrons. The molecule has 1 atom stereocenters. The van der Waals surface area contributed by atoms with Crippen LogP contribution in [0.5, 0.6) is 5.75 Å². The first kappa shape index (κ1) is 14.3. The van der Waals surface area contributed by atoms with Crippen LogP contribution in [0.1, 0.15) is 39.0 Å². The zero-order valence-electron chi connectivity index (χ0n) is 11.2. The highest BCUT2D eigenvalue weighted by atomic mass is 32.2. The number of hydrogen-bond acceptors (Lipinski definition) is 3. The molecule has 0 saturated carbocycles. The molecule has 1 fully saturated rings. The predicted molar refractivity (Wildman–Crippen MR) is 74.5 cm³/mol. The Morgan fingerprint density at radius 1 is 1.32 bits per heavy atom. The lowest BCUT2D eigenvalue weighted by atomic mass is 10.0. The summed E-state index contributed by atoms with van der Waals surface area (Å²) in [6, 6.07) is 6.25. The Bertz CT molecular complexity index is 525. The number of benzene rings is 1. The largest absolute Gasteiger partial charge is 0.507 e. The molecule has 1 unspecified atom stereocenters. The van der Waals surface area contributed by atoms with Crippen LogP contribution < -0.4 is 0 Å². The van der Waals surface area contributed by atoms with Gasteiger partial charge in [0.15, 0.2) is 0 Å². The van der Waals surface area contributed by atoms with Crippen LogP contribution in [0.25, 0.3) is 0 Å². The molecule has 1 aromatic carbocycles. The fraction of sp³-hybridized carbons (Fsp3) is 0.571. The third kappa shape index (κ3) is 2.92. The van der Waals surface area contributed by atoms with E-state index in [2.05, 4.69) is 6.92 Å². The minimum absolute atomic E-state index is 0.0259. The van der Waals surface area contributed by atoms with Gasteiger partial charge < -0.3 is 5.11 Å². The van der Waals surface area contributed by atoms with Crippen molar-refractivity contribution in [2.45, 2.75) is 50.0 Å². The number of phenols is 1. The van der Waals surface area contributed by atoms with Crippen molar-refractivity contribution in [3.05, 3.63) is 24.3 Å². The van der Waals surface area contributed by atoms with Crippen molar-refractivity contribution in [2.75, 3.05) is 6.54 Å². The molecule has 0 aliphatic carbocycles. The Morgan fingerprint density at radius 3 is 2.74 bits per heavy atom. The highest BCUT2D eigenvalue weighted by Gasteiger charge is 2.34. The molecule has 1 saturated heterocycles. The van der Waals surface area contributed by atoms with Crippen LogP contribution in [0.3, 0.4) is 0 Å². The minimum atomic E-state index is -3.58. The first-order valence-corrected chi connectivity index (χ1v) is 8.31. The standard InChI is InChI=1S/C14H21NO3S/c1-2-7-12-8-5-6-11-15(12)19(17,18)14-10-4-3-9-13(14)16/h3-4,9-10,12,16H,2,5-8,11H2,1H3. The van der Waals surface area contributed by atoms with Crippen molar-refractivity contribution in [3.8, 4) is 5.75 Å². The molecule has 1 heterocycles. The highest BCUT2D eigenvalue weighted by Crippen LogP contribution is 2.31.